The highest BCUT2D eigenvalue weighted by Gasteiger charge is 2.34. The Morgan fingerprint density at radius 3 is 2.50 bits per heavy atom. The van der Waals surface area contributed by atoms with E-state index in [9.17, 15) is 13.2 Å². The second kappa shape index (κ2) is 4.67. The Morgan fingerprint density at radius 1 is 1.56 bits per heavy atom. The van der Waals surface area contributed by atoms with Crippen LogP contribution in [0.15, 0.2) is 0 Å². The Morgan fingerprint density at radius 2 is 2.12 bits per heavy atom. The number of carbonyl (C=O) groups excluding carboxylic acids is 1. The highest BCUT2D eigenvalue weighted by Crippen LogP contribution is 2.18. The van der Waals surface area contributed by atoms with Crippen LogP contribution >= 0.6 is 12.2 Å². The minimum atomic E-state index is -2.98. The van der Waals surface area contributed by atoms with Crippen LogP contribution in [0, 0.1) is 5.92 Å². The molecule has 0 aromatic carbocycles. The van der Waals surface area contributed by atoms with Gasteiger partial charge in [0.25, 0.3) is 0 Å². The van der Waals surface area contributed by atoms with Gasteiger partial charge < -0.3 is 10.6 Å². The molecule has 2 unspecified atom stereocenters. The van der Waals surface area contributed by atoms with Crippen LogP contribution in [0.4, 0.5) is 0 Å². The lowest BCUT2D eigenvalue weighted by atomic mass is 10.1. The summed E-state index contributed by atoms with van der Waals surface area (Å²) in [6.07, 6.45) is 0.495. The van der Waals surface area contributed by atoms with Crippen molar-refractivity contribution in [3.8, 4) is 0 Å². The minimum Gasteiger partial charge on any atom is -0.393 e. The summed E-state index contributed by atoms with van der Waals surface area (Å²) >= 11 is 4.75. The Hall–Kier alpha value is -0.690. The number of carbonyl (C=O) groups is 1. The molecule has 1 aliphatic rings. The molecule has 1 saturated heterocycles. The molecule has 0 aromatic heterocycles. The first-order valence-electron chi connectivity index (χ1n) is 5.01. The molecule has 1 amide bonds. The second-order valence-corrected chi connectivity index (χ2v) is 6.83. The molecule has 16 heavy (non-hydrogen) atoms. The number of thiocarbonyl (C=S) groups is 1. The molecule has 1 fully saturated rings. The number of rotatable bonds is 3. The van der Waals surface area contributed by atoms with Gasteiger partial charge in [0.05, 0.1) is 22.4 Å². The molecule has 2 atom stereocenters. The number of sulfone groups is 1. The summed E-state index contributed by atoms with van der Waals surface area (Å²) in [4.78, 5) is 13.4. The van der Waals surface area contributed by atoms with Gasteiger partial charge in [-0.3, -0.25) is 4.79 Å². The van der Waals surface area contributed by atoms with Crippen molar-refractivity contribution in [3.05, 3.63) is 0 Å². The van der Waals surface area contributed by atoms with Gasteiger partial charge in [-0.1, -0.05) is 12.2 Å². The van der Waals surface area contributed by atoms with Gasteiger partial charge in [0.15, 0.2) is 9.84 Å². The third kappa shape index (κ3) is 2.91. The van der Waals surface area contributed by atoms with Crippen LogP contribution in [0.1, 0.15) is 13.3 Å². The van der Waals surface area contributed by atoms with Gasteiger partial charge in [-0.05, 0) is 13.3 Å². The van der Waals surface area contributed by atoms with Crippen molar-refractivity contribution >= 4 is 33.0 Å². The predicted octanol–water partition coefficient (Wildman–Crippen LogP) is -0.446. The smallest absolute Gasteiger partial charge is 0.232 e. The number of nitrogens with zero attached hydrogens (tertiary/aromatic N) is 1. The molecule has 0 aliphatic carbocycles. The molecule has 0 aromatic rings. The molecule has 1 rings (SSSR count). The topological polar surface area (TPSA) is 80.5 Å². The van der Waals surface area contributed by atoms with Crippen molar-refractivity contribution in [1.29, 1.82) is 0 Å². The van der Waals surface area contributed by atoms with Gasteiger partial charge in [0.2, 0.25) is 5.91 Å². The first-order chi connectivity index (χ1) is 7.24. The Kier molecular flexibility index (Phi) is 3.90. The van der Waals surface area contributed by atoms with E-state index >= 15 is 0 Å². The molecule has 0 spiro atoms. The summed E-state index contributed by atoms with van der Waals surface area (Å²) in [7, 11) is -1.38. The number of hydrogen-bond donors (Lipinski definition) is 1. The minimum absolute atomic E-state index is 0.0410. The van der Waals surface area contributed by atoms with E-state index < -0.39 is 15.8 Å². The van der Waals surface area contributed by atoms with Crippen molar-refractivity contribution < 1.29 is 13.2 Å². The first-order valence-corrected chi connectivity index (χ1v) is 7.24. The largest absolute Gasteiger partial charge is 0.393 e. The zero-order valence-electron chi connectivity index (χ0n) is 9.34. The van der Waals surface area contributed by atoms with E-state index in [2.05, 4.69) is 0 Å². The number of nitrogens with two attached hydrogens (primary N) is 1. The summed E-state index contributed by atoms with van der Waals surface area (Å²) in [5.41, 5.74) is 5.39. The van der Waals surface area contributed by atoms with E-state index in [1.165, 1.54) is 4.90 Å². The zero-order chi connectivity index (χ0) is 12.5. The molecule has 1 aliphatic heterocycles. The Labute approximate surface area is 101 Å². The molecule has 5 nitrogen and oxygen atoms in total. The average Bonchev–Trinajstić information content (AvgIpc) is 2.55. The molecule has 92 valence electrons. The fourth-order valence-corrected chi connectivity index (χ4v) is 3.56. The fourth-order valence-electron chi connectivity index (χ4n) is 1.69. The first kappa shape index (κ1) is 13.4. The highest BCUT2D eigenvalue weighted by molar-refractivity contribution is 7.91. The number of amides is 1. The molecule has 1 heterocycles. The maximum absolute atomic E-state index is 11.8. The summed E-state index contributed by atoms with van der Waals surface area (Å²) < 4.78 is 22.6. The van der Waals surface area contributed by atoms with Gasteiger partial charge in [0, 0.05) is 13.1 Å². The predicted molar refractivity (Wildman–Crippen MR) is 65.8 cm³/mol. The molecule has 2 N–H and O–H groups in total. The van der Waals surface area contributed by atoms with Crippen LogP contribution in [-0.4, -0.2) is 48.8 Å². The molecule has 7 heteroatoms. The van der Waals surface area contributed by atoms with Gasteiger partial charge >= 0.3 is 0 Å². The van der Waals surface area contributed by atoms with E-state index in [-0.39, 0.29) is 28.4 Å². The van der Waals surface area contributed by atoms with Gasteiger partial charge in [-0.2, -0.15) is 0 Å². The maximum atomic E-state index is 11.8. The van der Waals surface area contributed by atoms with E-state index in [1.54, 1.807) is 14.0 Å². The van der Waals surface area contributed by atoms with Gasteiger partial charge in [-0.15, -0.1) is 0 Å². The van der Waals surface area contributed by atoms with E-state index in [4.69, 9.17) is 18.0 Å². The second-order valence-electron chi connectivity index (χ2n) is 4.13. The highest BCUT2D eigenvalue weighted by atomic mass is 32.2. The van der Waals surface area contributed by atoms with Crippen LogP contribution in [0.2, 0.25) is 0 Å². The van der Waals surface area contributed by atoms with E-state index in [0.29, 0.717) is 6.42 Å². The Balaban J connectivity index is 2.69. The van der Waals surface area contributed by atoms with Gasteiger partial charge in [-0.25, -0.2) is 8.42 Å². The normalized spacial score (nSPS) is 25.0. The SMILES string of the molecule is CC(C(=O)N(C)C1CCS(=O)(=O)C1)C(N)=S. The maximum Gasteiger partial charge on any atom is 0.232 e. The van der Waals surface area contributed by atoms with E-state index in [1.807, 2.05) is 0 Å². The molecule has 0 saturated carbocycles. The van der Waals surface area contributed by atoms with Crippen molar-refractivity contribution in [1.82, 2.24) is 4.90 Å². The molecular weight excluding hydrogens is 248 g/mol. The fraction of sp³-hybridized carbons (Fsp3) is 0.778. The summed E-state index contributed by atoms with van der Waals surface area (Å²) in [6.45, 7) is 1.63. The van der Waals surface area contributed by atoms with Crippen LogP contribution in [0.25, 0.3) is 0 Å². The lowest BCUT2D eigenvalue weighted by Crippen LogP contribution is -2.43. The number of hydrogen-bond acceptors (Lipinski definition) is 4. The molecule has 0 bridgehead atoms. The van der Waals surface area contributed by atoms with Crippen molar-refractivity contribution in [2.75, 3.05) is 18.6 Å². The molecular formula is C9H16N2O3S2. The monoisotopic (exact) mass is 264 g/mol. The van der Waals surface area contributed by atoms with Crippen molar-refractivity contribution in [2.24, 2.45) is 11.7 Å². The lowest BCUT2D eigenvalue weighted by Gasteiger charge is -2.26. The lowest BCUT2D eigenvalue weighted by molar-refractivity contribution is -0.133. The zero-order valence-corrected chi connectivity index (χ0v) is 11.0. The molecule has 0 radical (unpaired) electrons. The quantitative estimate of drug-likeness (QED) is 0.699. The van der Waals surface area contributed by atoms with E-state index in [0.717, 1.165) is 0 Å². The van der Waals surface area contributed by atoms with Crippen molar-refractivity contribution in [2.45, 2.75) is 19.4 Å². The summed E-state index contributed by atoms with van der Waals surface area (Å²) in [5.74, 6) is -0.561. The van der Waals surface area contributed by atoms with Crippen LogP contribution in [0.3, 0.4) is 0 Å². The average molecular weight is 264 g/mol. The third-order valence-electron chi connectivity index (χ3n) is 2.90. The van der Waals surface area contributed by atoms with Gasteiger partial charge in [0.1, 0.15) is 0 Å². The van der Waals surface area contributed by atoms with Crippen LogP contribution in [-0.2, 0) is 14.6 Å². The third-order valence-corrected chi connectivity index (χ3v) is 5.00. The Bertz CT molecular complexity index is 405. The van der Waals surface area contributed by atoms with Crippen LogP contribution in [0.5, 0.6) is 0 Å². The summed E-state index contributed by atoms with van der Waals surface area (Å²) in [6, 6.07) is -0.241. The standard InChI is InChI=1S/C9H16N2O3S2/c1-6(8(10)15)9(12)11(2)7-3-4-16(13,14)5-7/h6-7H,3-5H2,1-2H3,(H2,10,15). The summed E-state index contributed by atoms with van der Waals surface area (Å²) in [5, 5.41) is 0. The van der Waals surface area contributed by atoms with Crippen molar-refractivity contribution in [3.63, 3.8) is 0 Å². The van der Waals surface area contributed by atoms with Crippen LogP contribution < -0.4 is 5.73 Å².